The van der Waals surface area contributed by atoms with Crippen molar-refractivity contribution < 1.29 is 22.7 Å². The number of carbonyl (C=O) groups excluding carboxylic acids is 1. The molecule has 0 aliphatic rings. The molecule has 4 aromatic rings. The van der Waals surface area contributed by atoms with Gasteiger partial charge in [0.05, 0.1) is 29.5 Å². The maximum Gasteiger partial charge on any atom is 0.416 e. The molecule has 3 heterocycles. The lowest BCUT2D eigenvalue weighted by molar-refractivity contribution is -0.137. The monoisotopic (exact) mass is 605 g/mol. The van der Waals surface area contributed by atoms with Gasteiger partial charge < -0.3 is 4.74 Å². The molecular formula is C29H34F3N5O4S. The molecule has 9 nitrogen and oxygen atoms in total. The zero-order chi connectivity index (χ0) is 30.6. The van der Waals surface area contributed by atoms with Gasteiger partial charge in [0.25, 0.3) is 5.56 Å². The molecule has 1 aromatic carbocycles. The van der Waals surface area contributed by atoms with E-state index in [1.807, 2.05) is 27.7 Å². The van der Waals surface area contributed by atoms with Crippen molar-refractivity contribution in [3.05, 3.63) is 74.7 Å². The van der Waals surface area contributed by atoms with Crippen LogP contribution in [-0.4, -0.2) is 34.5 Å². The molecule has 0 saturated heterocycles. The third kappa shape index (κ3) is 6.35. The van der Waals surface area contributed by atoms with Gasteiger partial charge in [0, 0.05) is 37.0 Å². The molecule has 4 rings (SSSR count). The quantitative estimate of drug-likeness (QED) is 0.181. The fraction of sp³-hybridized carbons (Fsp3) is 0.448. The SMILES string of the molecule is CCCSC(=O)OC(CC)n1c(-c2cnn(Cc3cccc(C(F)(F)F)c3)c2)cc2c1c(=O)n(CCC)c(=O)n2CC. The summed E-state index contributed by atoms with van der Waals surface area (Å²) in [6, 6.07) is 6.74. The van der Waals surface area contributed by atoms with Gasteiger partial charge in [-0.15, -0.1) is 0 Å². The van der Waals surface area contributed by atoms with Gasteiger partial charge in [-0.3, -0.25) is 23.2 Å². The van der Waals surface area contributed by atoms with E-state index in [1.54, 1.807) is 22.9 Å². The minimum absolute atomic E-state index is 0.0764. The van der Waals surface area contributed by atoms with Crippen LogP contribution in [0.5, 0.6) is 0 Å². The van der Waals surface area contributed by atoms with Gasteiger partial charge in [0.2, 0.25) is 0 Å². The summed E-state index contributed by atoms with van der Waals surface area (Å²) in [4.78, 5) is 39.7. The van der Waals surface area contributed by atoms with Crippen molar-refractivity contribution in [3.63, 3.8) is 0 Å². The highest BCUT2D eigenvalue weighted by atomic mass is 32.2. The number of aryl methyl sites for hydroxylation is 1. The first-order valence-corrected chi connectivity index (χ1v) is 14.9. The summed E-state index contributed by atoms with van der Waals surface area (Å²) in [5, 5.41) is 3.89. The smallest absolute Gasteiger partial charge is 0.416 e. The zero-order valence-corrected chi connectivity index (χ0v) is 24.8. The Morgan fingerprint density at radius 1 is 1.07 bits per heavy atom. The van der Waals surface area contributed by atoms with Crippen molar-refractivity contribution in [1.29, 1.82) is 0 Å². The lowest BCUT2D eigenvalue weighted by Gasteiger charge is -2.21. The van der Waals surface area contributed by atoms with Crippen LogP contribution in [0.3, 0.4) is 0 Å². The van der Waals surface area contributed by atoms with Crippen LogP contribution < -0.4 is 11.2 Å². The average Bonchev–Trinajstić information content (AvgIpc) is 3.58. The van der Waals surface area contributed by atoms with Gasteiger partial charge in [0.15, 0.2) is 6.23 Å². The number of aromatic nitrogens is 5. The Hall–Kier alpha value is -3.74. The van der Waals surface area contributed by atoms with Gasteiger partial charge in [-0.05, 0) is 55.3 Å². The lowest BCUT2D eigenvalue weighted by Crippen LogP contribution is -2.40. The molecule has 0 saturated carbocycles. The number of nitrogens with zero attached hydrogens (tertiary/aromatic N) is 5. The Bertz CT molecular complexity index is 1690. The topological polar surface area (TPSA) is 93.1 Å². The summed E-state index contributed by atoms with van der Waals surface area (Å²) in [5.74, 6) is 0.579. The number of rotatable bonds is 11. The van der Waals surface area contributed by atoms with E-state index in [0.29, 0.717) is 47.5 Å². The number of halogens is 3. The fourth-order valence-electron chi connectivity index (χ4n) is 4.91. The third-order valence-electron chi connectivity index (χ3n) is 6.80. The Balaban J connectivity index is 1.88. The van der Waals surface area contributed by atoms with E-state index in [2.05, 4.69) is 5.10 Å². The molecule has 0 bridgehead atoms. The van der Waals surface area contributed by atoms with E-state index in [1.165, 1.54) is 26.1 Å². The fourth-order valence-corrected chi connectivity index (χ4v) is 5.46. The molecule has 1 unspecified atom stereocenters. The first-order chi connectivity index (χ1) is 20.0. The molecule has 0 amide bonds. The average molecular weight is 606 g/mol. The summed E-state index contributed by atoms with van der Waals surface area (Å²) in [6.45, 7) is 8.07. The molecule has 3 aromatic heterocycles. The molecular weight excluding hydrogens is 571 g/mol. The van der Waals surface area contributed by atoms with Crippen molar-refractivity contribution in [1.82, 2.24) is 23.5 Å². The number of fused-ring (bicyclic) bond motifs is 1. The largest absolute Gasteiger partial charge is 0.433 e. The van der Waals surface area contributed by atoms with E-state index in [0.717, 1.165) is 30.3 Å². The molecule has 13 heteroatoms. The van der Waals surface area contributed by atoms with Crippen LogP contribution in [-0.2, 0) is 30.5 Å². The lowest BCUT2D eigenvalue weighted by atomic mass is 10.1. The normalized spacial score (nSPS) is 12.6. The number of thioether (sulfide) groups is 1. The van der Waals surface area contributed by atoms with Crippen LogP contribution in [0.2, 0.25) is 0 Å². The predicted octanol–water partition coefficient (Wildman–Crippen LogP) is 6.51. The van der Waals surface area contributed by atoms with Gasteiger partial charge in [-0.2, -0.15) is 18.3 Å². The Labute approximate surface area is 244 Å². The molecule has 0 aliphatic carbocycles. The van der Waals surface area contributed by atoms with Gasteiger partial charge >= 0.3 is 17.2 Å². The Morgan fingerprint density at radius 3 is 2.48 bits per heavy atom. The standard InChI is InChI=1S/C29H34F3N5O4S/c1-5-12-36-26(38)25-23(35(8-4)27(36)39)15-22(37(25)24(7-3)41-28(40)42-13-6-2)20-16-33-34(18-20)17-19-10-9-11-21(14-19)29(30,31)32/h9-11,14-16,18,24H,5-8,12-13,17H2,1-4H3. The van der Waals surface area contributed by atoms with Crippen LogP contribution in [0.25, 0.3) is 22.3 Å². The van der Waals surface area contributed by atoms with Crippen LogP contribution in [0.1, 0.15) is 64.3 Å². The van der Waals surface area contributed by atoms with Crippen molar-refractivity contribution in [2.75, 3.05) is 5.75 Å². The van der Waals surface area contributed by atoms with Crippen molar-refractivity contribution in [2.24, 2.45) is 0 Å². The predicted molar refractivity (Wildman–Crippen MR) is 157 cm³/mol. The second kappa shape index (κ2) is 13.1. The van der Waals surface area contributed by atoms with Gasteiger partial charge in [-0.25, -0.2) is 9.59 Å². The minimum Gasteiger partial charge on any atom is -0.433 e. The molecule has 0 fully saturated rings. The second-order valence-electron chi connectivity index (χ2n) is 9.82. The van der Waals surface area contributed by atoms with Crippen molar-refractivity contribution in [2.45, 2.75) is 79.0 Å². The van der Waals surface area contributed by atoms with E-state index >= 15 is 0 Å². The minimum atomic E-state index is -4.46. The van der Waals surface area contributed by atoms with E-state index in [-0.39, 0.29) is 18.6 Å². The second-order valence-corrected chi connectivity index (χ2v) is 10.9. The molecule has 0 radical (unpaired) electrons. The van der Waals surface area contributed by atoms with E-state index in [4.69, 9.17) is 4.74 Å². The summed E-state index contributed by atoms with van der Waals surface area (Å²) in [7, 11) is 0. The van der Waals surface area contributed by atoms with E-state index in [9.17, 15) is 27.6 Å². The maximum absolute atomic E-state index is 13.8. The Morgan fingerprint density at radius 2 is 1.83 bits per heavy atom. The third-order valence-corrected chi connectivity index (χ3v) is 7.75. The molecule has 42 heavy (non-hydrogen) atoms. The molecule has 1 atom stereocenters. The summed E-state index contributed by atoms with van der Waals surface area (Å²) in [5.41, 5.74) is 0.419. The van der Waals surface area contributed by atoms with Gasteiger partial charge in [0.1, 0.15) is 5.52 Å². The first-order valence-electron chi connectivity index (χ1n) is 13.9. The number of carbonyl (C=O) groups is 1. The van der Waals surface area contributed by atoms with Crippen LogP contribution >= 0.6 is 11.8 Å². The number of ether oxygens (including phenoxy) is 1. The number of hydrogen-bond acceptors (Lipinski definition) is 6. The summed E-state index contributed by atoms with van der Waals surface area (Å²) >= 11 is 1.05. The van der Waals surface area contributed by atoms with Crippen molar-refractivity contribution in [3.8, 4) is 11.3 Å². The number of alkyl halides is 3. The van der Waals surface area contributed by atoms with Crippen LogP contribution in [0.4, 0.5) is 18.0 Å². The first kappa shape index (κ1) is 31.2. The molecule has 226 valence electrons. The van der Waals surface area contributed by atoms with Gasteiger partial charge in [-0.1, -0.05) is 32.9 Å². The summed E-state index contributed by atoms with van der Waals surface area (Å²) in [6.07, 6.45) is -0.432. The zero-order valence-electron chi connectivity index (χ0n) is 24.0. The maximum atomic E-state index is 13.8. The highest BCUT2D eigenvalue weighted by Gasteiger charge is 2.30. The Kier molecular flexibility index (Phi) is 9.70. The number of benzene rings is 1. The van der Waals surface area contributed by atoms with E-state index < -0.39 is 34.5 Å². The van der Waals surface area contributed by atoms with Crippen LogP contribution in [0, 0.1) is 0 Å². The van der Waals surface area contributed by atoms with Crippen LogP contribution in [0.15, 0.2) is 52.3 Å². The molecule has 0 aliphatic heterocycles. The molecule has 0 N–H and O–H groups in total. The number of hydrogen-bond donors (Lipinski definition) is 0. The summed E-state index contributed by atoms with van der Waals surface area (Å²) < 4.78 is 51.4. The molecule has 0 spiro atoms. The highest BCUT2D eigenvalue weighted by molar-refractivity contribution is 8.13. The highest BCUT2D eigenvalue weighted by Crippen LogP contribution is 2.33. The van der Waals surface area contributed by atoms with Crippen molar-refractivity contribution >= 4 is 28.1 Å².